The summed E-state index contributed by atoms with van der Waals surface area (Å²) in [7, 11) is 0. The lowest BCUT2D eigenvalue weighted by Crippen LogP contribution is -2.27. The van der Waals surface area contributed by atoms with Crippen molar-refractivity contribution in [2.75, 3.05) is 11.9 Å². The number of carbonyl (C=O) groups excluding carboxylic acids is 2. The van der Waals surface area contributed by atoms with Gasteiger partial charge >= 0.3 is 0 Å². The van der Waals surface area contributed by atoms with E-state index in [1.807, 2.05) is 0 Å². The second-order valence-corrected chi connectivity index (χ2v) is 6.24. The molecule has 2 aromatic rings. The number of rotatable bonds is 7. The van der Waals surface area contributed by atoms with E-state index in [9.17, 15) is 9.59 Å². The highest BCUT2D eigenvalue weighted by atomic mass is 32.1. The zero-order valence-electron chi connectivity index (χ0n) is 13.1. The Bertz CT molecular complexity index is 657. The summed E-state index contributed by atoms with van der Waals surface area (Å²) in [5, 5.41) is 7.66. The Kier molecular flexibility index (Phi) is 6.16. The fraction of sp³-hybridized carbons (Fsp3) is 0.400. The first-order chi connectivity index (χ1) is 11.0. The van der Waals surface area contributed by atoms with Crippen LogP contribution in [0, 0.1) is 5.92 Å². The van der Waals surface area contributed by atoms with Crippen LogP contribution in [0.15, 0.2) is 23.8 Å². The standard InChI is InChI=1S/C15H19N5O2S/c1-10(2)4-7-16-12(21)8-11-9-23-15(19-11)20-14(22)13-17-5-3-6-18-13/h3,5-6,9-10H,4,7-8H2,1-2H3,(H,16,21)(H,19,20,22). The summed E-state index contributed by atoms with van der Waals surface area (Å²) in [6.45, 7) is 4.88. The van der Waals surface area contributed by atoms with Crippen LogP contribution in [0.2, 0.25) is 0 Å². The fourth-order valence-electron chi connectivity index (χ4n) is 1.74. The lowest BCUT2D eigenvalue weighted by molar-refractivity contribution is -0.120. The number of anilines is 1. The Labute approximate surface area is 138 Å². The van der Waals surface area contributed by atoms with Gasteiger partial charge < -0.3 is 5.32 Å². The second kappa shape index (κ2) is 8.33. The third-order valence-corrected chi connectivity index (χ3v) is 3.73. The smallest absolute Gasteiger partial charge is 0.295 e. The summed E-state index contributed by atoms with van der Waals surface area (Å²) in [5.41, 5.74) is 0.626. The predicted molar refractivity (Wildman–Crippen MR) is 88.3 cm³/mol. The second-order valence-electron chi connectivity index (χ2n) is 5.38. The average molecular weight is 333 g/mol. The summed E-state index contributed by atoms with van der Waals surface area (Å²) < 4.78 is 0. The van der Waals surface area contributed by atoms with Crippen LogP contribution < -0.4 is 10.6 Å². The van der Waals surface area contributed by atoms with E-state index in [4.69, 9.17) is 0 Å². The van der Waals surface area contributed by atoms with E-state index in [-0.39, 0.29) is 18.2 Å². The molecule has 23 heavy (non-hydrogen) atoms. The molecule has 0 unspecified atom stereocenters. The molecule has 2 heterocycles. The number of nitrogens with zero attached hydrogens (tertiary/aromatic N) is 3. The van der Waals surface area contributed by atoms with E-state index in [2.05, 4.69) is 39.4 Å². The minimum Gasteiger partial charge on any atom is -0.356 e. The lowest BCUT2D eigenvalue weighted by atomic mass is 10.1. The minimum absolute atomic E-state index is 0.0692. The van der Waals surface area contributed by atoms with E-state index in [0.29, 0.717) is 23.3 Å². The van der Waals surface area contributed by atoms with Gasteiger partial charge in [-0.15, -0.1) is 11.3 Å². The third-order valence-electron chi connectivity index (χ3n) is 2.93. The number of amides is 2. The Balaban J connectivity index is 1.83. The molecule has 0 saturated carbocycles. The van der Waals surface area contributed by atoms with Crippen LogP contribution in [0.1, 0.15) is 36.6 Å². The van der Waals surface area contributed by atoms with Crippen molar-refractivity contribution in [2.45, 2.75) is 26.7 Å². The SMILES string of the molecule is CC(C)CCNC(=O)Cc1csc(NC(=O)c2ncccn2)n1. The van der Waals surface area contributed by atoms with Crippen molar-refractivity contribution in [3.05, 3.63) is 35.4 Å². The summed E-state index contributed by atoms with van der Waals surface area (Å²) in [5.74, 6) is 0.139. The topological polar surface area (TPSA) is 96.9 Å². The molecule has 0 fully saturated rings. The van der Waals surface area contributed by atoms with Crippen LogP contribution in [0.5, 0.6) is 0 Å². The summed E-state index contributed by atoms with van der Waals surface area (Å²) in [4.78, 5) is 35.7. The molecule has 7 nitrogen and oxygen atoms in total. The summed E-state index contributed by atoms with van der Waals surface area (Å²) in [6, 6.07) is 1.64. The van der Waals surface area contributed by atoms with Gasteiger partial charge in [0.2, 0.25) is 11.7 Å². The van der Waals surface area contributed by atoms with E-state index in [1.54, 1.807) is 11.4 Å². The van der Waals surface area contributed by atoms with Gasteiger partial charge in [-0.3, -0.25) is 14.9 Å². The molecule has 8 heteroatoms. The van der Waals surface area contributed by atoms with Gasteiger partial charge in [0, 0.05) is 24.3 Å². The highest BCUT2D eigenvalue weighted by molar-refractivity contribution is 7.14. The first kappa shape index (κ1) is 17.0. The molecule has 0 aliphatic rings. The van der Waals surface area contributed by atoms with Crippen LogP contribution in [-0.4, -0.2) is 33.3 Å². The molecule has 0 spiro atoms. The van der Waals surface area contributed by atoms with Crippen LogP contribution in [-0.2, 0) is 11.2 Å². The predicted octanol–water partition coefficient (Wildman–Crippen LogP) is 1.89. The van der Waals surface area contributed by atoms with Crippen molar-refractivity contribution < 1.29 is 9.59 Å². The maximum absolute atomic E-state index is 11.9. The van der Waals surface area contributed by atoms with Gasteiger partial charge in [0.15, 0.2) is 5.13 Å². The Morgan fingerprint density at radius 1 is 1.26 bits per heavy atom. The van der Waals surface area contributed by atoms with Gasteiger partial charge in [0.1, 0.15) is 0 Å². The van der Waals surface area contributed by atoms with Crippen molar-refractivity contribution in [2.24, 2.45) is 5.92 Å². The van der Waals surface area contributed by atoms with Crippen molar-refractivity contribution in [3.8, 4) is 0 Å². The Morgan fingerprint density at radius 3 is 2.70 bits per heavy atom. The first-order valence-corrected chi connectivity index (χ1v) is 8.22. The minimum atomic E-state index is -0.423. The third kappa shape index (κ3) is 5.74. The van der Waals surface area contributed by atoms with Gasteiger partial charge in [0.25, 0.3) is 5.91 Å². The molecule has 2 aromatic heterocycles. The number of thiazole rings is 1. The maximum Gasteiger partial charge on any atom is 0.295 e. The number of hydrogen-bond donors (Lipinski definition) is 2. The van der Waals surface area contributed by atoms with Crippen molar-refractivity contribution in [3.63, 3.8) is 0 Å². The molecule has 0 aromatic carbocycles. The van der Waals surface area contributed by atoms with Gasteiger partial charge in [-0.2, -0.15) is 0 Å². The molecule has 0 atom stereocenters. The molecule has 2 rings (SSSR count). The molecule has 0 bridgehead atoms. The molecule has 0 saturated heterocycles. The maximum atomic E-state index is 11.9. The highest BCUT2D eigenvalue weighted by Gasteiger charge is 2.12. The highest BCUT2D eigenvalue weighted by Crippen LogP contribution is 2.16. The number of hydrogen-bond acceptors (Lipinski definition) is 6. The van der Waals surface area contributed by atoms with Gasteiger partial charge in [0.05, 0.1) is 12.1 Å². The number of nitrogens with one attached hydrogen (secondary N) is 2. The molecule has 2 N–H and O–H groups in total. The van der Waals surface area contributed by atoms with E-state index in [0.717, 1.165) is 6.42 Å². The van der Waals surface area contributed by atoms with E-state index in [1.165, 1.54) is 23.7 Å². The largest absolute Gasteiger partial charge is 0.356 e. The van der Waals surface area contributed by atoms with E-state index < -0.39 is 5.91 Å². The monoisotopic (exact) mass is 333 g/mol. The average Bonchev–Trinajstić information content (AvgIpc) is 2.94. The van der Waals surface area contributed by atoms with Crippen LogP contribution in [0.25, 0.3) is 0 Å². The first-order valence-electron chi connectivity index (χ1n) is 7.34. The zero-order valence-corrected chi connectivity index (χ0v) is 13.9. The Hall–Kier alpha value is -2.35. The number of aromatic nitrogens is 3. The van der Waals surface area contributed by atoms with Crippen LogP contribution in [0.4, 0.5) is 5.13 Å². The normalized spacial score (nSPS) is 10.6. The number of carbonyl (C=O) groups is 2. The molecule has 2 amide bonds. The zero-order chi connectivity index (χ0) is 16.7. The molecule has 0 radical (unpaired) electrons. The Morgan fingerprint density at radius 2 is 2.00 bits per heavy atom. The molecular formula is C15H19N5O2S. The summed E-state index contributed by atoms with van der Waals surface area (Å²) in [6.07, 6.45) is 4.14. The van der Waals surface area contributed by atoms with Crippen LogP contribution in [0.3, 0.4) is 0 Å². The summed E-state index contributed by atoms with van der Waals surface area (Å²) >= 11 is 1.26. The van der Waals surface area contributed by atoms with Crippen molar-refractivity contribution >= 4 is 28.3 Å². The van der Waals surface area contributed by atoms with Crippen molar-refractivity contribution in [1.29, 1.82) is 0 Å². The molecular weight excluding hydrogens is 314 g/mol. The fourth-order valence-corrected chi connectivity index (χ4v) is 2.45. The molecule has 122 valence electrons. The van der Waals surface area contributed by atoms with Gasteiger partial charge in [-0.05, 0) is 18.4 Å². The lowest BCUT2D eigenvalue weighted by Gasteiger charge is -2.06. The van der Waals surface area contributed by atoms with Crippen LogP contribution >= 0.6 is 11.3 Å². The van der Waals surface area contributed by atoms with Gasteiger partial charge in [-0.25, -0.2) is 15.0 Å². The van der Waals surface area contributed by atoms with Crippen molar-refractivity contribution in [1.82, 2.24) is 20.3 Å². The van der Waals surface area contributed by atoms with Gasteiger partial charge in [-0.1, -0.05) is 13.8 Å². The molecule has 0 aliphatic carbocycles. The quantitative estimate of drug-likeness (QED) is 0.806. The molecule has 0 aliphatic heterocycles. The van der Waals surface area contributed by atoms with E-state index >= 15 is 0 Å².